The van der Waals surface area contributed by atoms with Crippen LogP contribution >= 0.6 is 23.4 Å². The van der Waals surface area contributed by atoms with E-state index in [0.717, 1.165) is 45.0 Å². The van der Waals surface area contributed by atoms with Gasteiger partial charge in [-0.05, 0) is 48.5 Å². The van der Waals surface area contributed by atoms with Gasteiger partial charge in [0.1, 0.15) is 0 Å². The van der Waals surface area contributed by atoms with Crippen molar-refractivity contribution in [1.82, 2.24) is 4.90 Å². The van der Waals surface area contributed by atoms with Gasteiger partial charge in [0.05, 0.1) is 11.4 Å². The summed E-state index contributed by atoms with van der Waals surface area (Å²) in [4.78, 5) is 21.9. The lowest BCUT2D eigenvalue weighted by molar-refractivity contribution is 0.203. The molecule has 2 amide bonds. The molecule has 0 bridgehead atoms. The molecule has 0 N–H and O–H groups in total. The smallest absolute Gasteiger partial charge is 0.329 e. The van der Waals surface area contributed by atoms with Crippen LogP contribution in [0.5, 0.6) is 0 Å². The van der Waals surface area contributed by atoms with Gasteiger partial charge in [-0.15, -0.1) is 0 Å². The largest absolute Gasteiger partial charge is 0.368 e. The van der Waals surface area contributed by atoms with Crippen LogP contribution in [0.3, 0.4) is 0 Å². The topological polar surface area (TPSA) is 26.8 Å². The molecular formula is C23H20ClN3OS. The van der Waals surface area contributed by atoms with Gasteiger partial charge in [0, 0.05) is 46.7 Å². The second kappa shape index (κ2) is 7.65. The molecule has 0 aliphatic carbocycles. The van der Waals surface area contributed by atoms with Crippen molar-refractivity contribution < 1.29 is 4.79 Å². The molecule has 29 heavy (non-hydrogen) atoms. The molecule has 0 saturated carbocycles. The molecule has 0 radical (unpaired) electrons. The summed E-state index contributed by atoms with van der Waals surface area (Å²) in [6, 6.07) is 24.2. The Labute approximate surface area is 179 Å². The Morgan fingerprint density at radius 1 is 0.759 bits per heavy atom. The van der Waals surface area contributed by atoms with Gasteiger partial charge in [0.2, 0.25) is 0 Å². The van der Waals surface area contributed by atoms with Crippen LogP contribution < -0.4 is 9.80 Å². The van der Waals surface area contributed by atoms with Crippen LogP contribution in [0.4, 0.5) is 21.9 Å². The fraction of sp³-hybridized carbons (Fsp3) is 0.174. The standard InChI is InChI=1S/C23H20ClN3OS/c24-17-9-11-18(12-10-17)25-13-15-26(16-14-25)23(28)27-19-5-1-3-7-21(19)29-22-8-4-2-6-20(22)27/h1-12H,13-16H2. The van der Waals surface area contributed by atoms with E-state index in [1.54, 1.807) is 11.8 Å². The first-order chi connectivity index (χ1) is 14.2. The molecule has 1 saturated heterocycles. The molecular weight excluding hydrogens is 402 g/mol. The van der Waals surface area contributed by atoms with Gasteiger partial charge in [-0.2, -0.15) is 0 Å². The predicted molar refractivity (Wildman–Crippen MR) is 120 cm³/mol. The Morgan fingerprint density at radius 2 is 1.31 bits per heavy atom. The van der Waals surface area contributed by atoms with E-state index >= 15 is 0 Å². The Balaban J connectivity index is 1.38. The molecule has 4 nitrogen and oxygen atoms in total. The van der Waals surface area contributed by atoms with Gasteiger partial charge < -0.3 is 9.80 Å². The Morgan fingerprint density at radius 3 is 1.90 bits per heavy atom. The average molecular weight is 422 g/mol. The van der Waals surface area contributed by atoms with Gasteiger partial charge in [-0.25, -0.2) is 4.79 Å². The zero-order chi connectivity index (χ0) is 19.8. The quantitative estimate of drug-likeness (QED) is 0.490. The van der Waals surface area contributed by atoms with Gasteiger partial charge in [-0.1, -0.05) is 47.6 Å². The third-order valence-corrected chi connectivity index (χ3v) is 6.75. The van der Waals surface area contributed by atoms with E-state index in [9.17, 15) is 4.79 Å². The summed E-state index contributed by atoms with van der Waals surface area (Å²) in [5, 5.41) is 0.739. The van der Waals surface area contributed by atoms with Crippen LogP contribution in [0, 0.1) is 0 Å². The number of para-hydroxylation sites is 2. The van der Waals surface area contributed by atoms with Crippen LogP contribution in [0.1, 0.15) is 0 Å². The van der Waals surface area contributed by atoms with Crippen molar-refractivity contribution in [2.75, 3.05) is 36.0 Å². The first kappa shape index (κ1) is 18.4. The van der Waals surface area contributed by atoms with Crippen LogP contribution in [-0.4, -0.2) is 37.1 Å². The molecule has 6 heteroatoms. The molecule has 2 aliphatic heterocycles. The number of amides is 2. The van der Waals surface area contributed by atoms with Crippen molar-refractivity contribution >= 4 is 46.5 Å². The van der Waals surface area contributed by atoms with Crippen LogP contribution in [0.15, 0.2) is 82.6 Å². The Kier molecular flexibility index (Phi) is 4.86. The van der Waals surface area contributed by atoms with E-state index in [0.29, 0.717) is 13.1 Å². The normalized spacial score (nSPS) is 15.7. The van der Waals surface area contributed by atoms with Crippen molar-refractivity contribution in [3.05, 3.63) is 77.8 Å². The van der Waals surface area contributed by atoms with Crippen LogP contribution in [0.2, 0.25) is 5.02 Å². The zero-order valence-corrected chi connectivity index (χ0v) is 17.4. The molecule has 2 heterocycles. The molecule has 146 valence electrons. The maximum absolute atomic E-state index is 13.6. The molecule has 0 spiro atoms. The molecule has 0 aromatic heterocycles. The second-order valence-corrected chi connectivity index (χ2v) is 8.63. The number of anilines is 3. The first-order valence-corrected chi connectivity index (χ1v) is 10.9. The van der Waals surface area contributed by atoms with E-state index < -0.39 is 0 Å². The lowest BCUT2D eigenvalue weighted by Crippen LogP contribution is -2.52. The van der Waals surface area contributed by atoms with Crippen molar-refractivity contribution in [2.24, 2.45) is 0 Å². The summed E-state index contributed by atoms with van der Waals surface area (Å²) < 4.78 is 0. The molecule has 3 aromatic rings. The third kappa shape index (κ3) is 3.45. The van der Waals surface area contributed by atoms with Gasteiger partial charge >= 0.3 is 6.03 Å². The molecule has 0 atom stereocenters. The molecule has 2 aliphatic rings. The highest BCUT2D eigenvalue weighted by atomic mass is 35.5. The second-order valence-electron chi connectivity index (χ2n) is 7.11. The number of hydrogen-bond donors (Lipinski definition) is 0. The van der Waals surface area contributed by atoms with Crippen molar-refractivity contribution in [3.63, 3.8) is 0 Å². The highest BCUT2D eigenvalue weighted by Crippen LogP contribution is 2.48. The summed E-state index contributed by atoms with van der Waals surface area (Å²) in [5.41, 5.74) is 3.06. The molecule has 1 fully saturated rings. The lowest BCUT2D eigenvalue weighted by Gasteiger charge is -2.40. The number of rotatable bonds is 1. The number of carbonyl (C=O) groups excluding carboxylic acids is 1. The average Bonchev–Trinajstić information content (AvgIpc) is 2.77. The SMILES string of the molecule is O=C(N1CCN(c2ccc(Cl)cc2)CC1)N1c2ccccc2Sc2ccccc21. The molecule has 3 aromatic carbocycles. The minimum atomic E-state index is 0.0426. The zero-order valence-electron chi connectivity index (χ0n) is 15.8. The fourth-order valence-corrected chi connectivity index (χ4v) is 5.04. The number of fused-ring (bicyclic) bond motifs is 2. The predicted octanol–water partition coefficient (Wildman–Crippen LogP) is 5.88. The fourth-order valence-electron chi connectivity index (χ4n) is 3.86. The number of urea groups is 1. The van der Waals surface area contributed by atoms with E-state index in [4.69, 9.17) is 11.6 Å². The van der Waals surface area contributed by atoms with Gasteiger partial charge in [-0.3, -0.25) is 4.90 Å². The monoisotopic (exact) mass is 421 g/mol. The van der Waals surface area contributed by atoms with E-state index in [-0.39, 0.29) is 6.03 Å². The summed E-state index contributed by atoms with van der Waals surface area (Å²) >= 11 is 7.72. The van der Waals surface area contributed by atoms with Crippen LogP contribution in [0.25, 0.3) is 0 Å². The third-order valence-electron chi connectivity index (χ3n) is 5.37. The van der Waals surface area contributed by atoms with Gasteiger partial charge in [0.25, 0.3) is 0 Å². The number of benzene rings is 3. The maximum atomic E-state index is 13.6. The van der Waals surface area contributed by atoms with Crippen molar-refractivity contribution in [3.8, 4) is 0 Å². The van der Waals surface area contributed by atoms with Crippen molar-refractivity contribution in [2.45, 2.75) is 9.79 Å². The van der Waals surface area contributed by atoms with E-state index in [1.807, 2.05) is 70.5 Å². The number of piperazine rings is 1. The minimum Gasteiger partial charge on any atom is -0.368 e. The number of hydrogen-bond acceptors (Lipinski definition) is 3. The summed E-state index contributed by atoms with van der Waals surface area (Å²) in [6.45, 7) is 2.99. The Hall–Kier alpha value is -2.63. The molecule has 5 rings (SSSR count). The maximum Gasteiger partial charge on any atom is 0.329 e. The summed E-state index contributed by atoms with van der Waals surface area (Å²) in [5.74, 6) is 0. The molecule has 0 unspecified atom stereocenters. The highest BCUT2D eigenvalue weighted by Gasteiger charge is 2.32. The lowest BCUT2D eigenvalue weighted by atomic mass is 10.2. The summed E-state index contributed by atoms with van der Waals surface area (Å²) in [7, 11) is 0. The highest BCUT2D eigenvalue weighted by molar-refractivity contribution is 7.99. The van der Waals surface area contributed by atoms with Crippen molar-refractivity contribution in [1.29, 1.82) is 0 Å². The summed E-state index contributed by atoms with van der Waals surface area (Å²) in [6.07, 6.45) is 0. The van der Waals surface area contributed by atoms with E-state index in [1.165, 1.54) is 0 Å². The number of halogens is 1. The first-order valence-electron chi connectivity index (χ1n) is 9.66. The number of nitrogens with zero attached hydrogens (tertiary/aromatic N) is 3. The van der Waals surface area contributed by atoms with Gasteiger partial charge in [0.15, 0.2) is 0 Å². The Bertz CT molecular complexity index is 1000. The minimum absolute atomic E-state index is 0.0426. The van der Waals surface area contributed by atoms with Crippen LogP contribution in [-0.2, 0) is 0 Å². The number of carbonyl (C=O) groups is 1. The van der Waals surface area contributed by atoms with E-state index in [2.05, 4.69) is 17.0 Å².